The summed E-state index contributed by atoms with van der Waals surface area (Å²) in [6.07, 6.45) is 1.63. The third kappa shape index (κ3) is 2.96. The van der Waals surface area contributed by atoms with Crippen LogP contribution in [0, 0.1) is 11.3 Å². The van der Waals surface area contributed by atoms with E-state index in [-0.39, 0.29) is 12.3 Å². The summed E-state index contributed by atoms with van der Waals surface area (Å²) in [4.78, 5) is 18.3. The summed E-state index contributed by atoms with van der Waals surface area (Å²) < 4.78 is 5.92. The molecule has 2 aromatic rings. The fourth-order valence-electron chi connectivity index (χ4n) is 1.29. The minimum absolute atomic E-state index is 0.0903. The maximum absolute atomic E-state index is 11.6. The Balaban J connectivity index is 1.96. The van der Waals surface area contributed by atoms with E-state index in [0.717, 1.165) is 4.47 Å². The van der Waals surface area contributed by atoms with E-state index in [1.807, 2.05) is 12.1 Å². The van der Waals surface area contributed by atoms with Crippen LogP contribution in [0.25, 0.3) is 0 Å². The molecule has 0 spiro atoms. The zero-order valence-corrected chi connectivity index (χ0v) is 10.8. The van der Waals surface area contributed by atoms with Crippen molar-refractivity contribution in [3.8, 4) is 6.07 Å². The molecule has 0 radical (unpaired) electrons. The number of hydrogen-bond acceptors (Lipinski definition) is 4. The molecule has 0 bridgehead atoms. The molecular weight excluding hydrogens is 298 g/mol. The number of H-pyrrole nitrogens is 1. The van der Waals surface area contributed by atoms with Gasteiger partial charge in [-0.2, -0.15) is 5.26 Å². The number of carbonyl (C=O) groups excluding carboxylic acids is 1. The molecule has 0 aliphatic carbocycles. The van der Waals surface area contributed by atoms with Gasteiger partial charge in [0, 0.05) is 10.7 Å². The Morgan fingerprint density at radius 2 is 2.28 bits per heavy atom. The SMILES string of the molecule is N#Cc1ccc(C(=O)OCc2ccc(Br)cn2)[nH]1. The third-order valence-corrected chi connectivity index (χ3v) is 2.64. The monoisotopic (exact) mass is 305 g/mol. The Hall–Kier alpha value is -2.13. The van der Waals surface area contributed by atoms with Gasteiger partial charge < -0.3 is 9.72 Å². The maximum Gasteiger partial charge on any atom is 0.355 e. The first-order valence-electron chi connectivity index (χ1n) is 5.05. The van der Waals surface area contributed by atoms with Crippen LogP contribution in [0.15, 0.2) is 34.9 Å². The van der Waals surface area contributed by atoms with E-state index in [9.17, 15) is 4.79 Å². The lowest BCUT2D eigenvalue weighted by Gasteiger charge is -2.02. The highest BCUT2D eigenvalue weighted by molar-refractivity contribution is 9.10. The van der Waals surface area contributed by atoms with Gasteiger partial charge >= 0.3 is 5.97 Å². The first-order chi connectivity index (χ1) is 8.69. The van der Waals surface area contributed by atoms with Crippen LogP contribution in [0.2, 0.25) is 0 Å². The van der Waals surface area contributed by atoms with Gasteiger partial charge in [0.1, 0.15) is 24.1 Å². The van der Waals surface area contributed by atoms with Crippen molar-refractivity contribution in [2.24, 2.45) is 0 Å². The Bertz CT molecular complexity index is 599. The van der Waals surface area contributed by atoms with Crippen molar-refractivity contribution in [3.63, 3.8) is 0 Å². The van der Waals surface area contributed by atoms with Gasteiger partial charge in [0.05, 0.1) is 5.69 Å². The normalized spacial score (nSPS) is 9.78. The minimum Gasteiger partial charge on any atom is -0.455 e. The molecule has 0 aliphatic rings. The Morgan fingerprint density at radius 1 is 1.44 bits per heavy atom. The lowest BCUT2D eigenvalue weighted by Crippen LogP contribution is -2.06. The maximum atomic E-state index is 11.6. The van der Waals surface area contributed by atoms with Crippen LogP contribution in [0.3, 0.4) is 0 Å². The summed E-state index contributed by atoms with van der Waals surface area (Å²) in [5, 5.41) is 8.62. The number of pyridine rings is 1. The molecule has 0 aliphatic heterocycles. The predicted molar refractivity (Wildman–Crippen MR) is 66.6 cm³/mol. The molecule has 0 saturated heterocycles. The molecule has 5 nitrogen and oxygen atoms in total. The van der Waals surface area contributed by atoms with Crippen molar-refractivity contribution in [1.29, 1.82) is 5.26 Å². The Morgan fingerprint density at radius 3 is 2.89 bits per heavy atom. The molecule has 1 N–H and O–H groups in total. The molecule has 0 unspecified atom stereocenters. The van der Waals surface area contributed by atoms with Crippen molar-refractivity contribution in [2.75, 3.05) is 0 Å². The van der Waals surface area contributed by atoms with Crippen molar-refractivity contribution in [2.45, 2.75) is 6.61 Å². The number of halogens is 1. The quantitative estimate of drug-likeness (QED) is 0.883. The summed E-state index contributed by atoms with van der Waals surface area (Å²) >= 11 is 3.27. The highest BCUT2D eigenvalue weighted by Crippen LogP contribution is 2.09. The van der Waals surface area contributed by atoms with Gasteiger partial charge in [-0.05, 0) is 40.2 Å². The number of hydrogen-bond donors (Lipinski definition) is 1. The molecule has 0 aromatic carbocycles. The molecule has 0 amide bonds. The second-order valence-corrected chi connectivity index (χ2v) is 4.36. The van der Waals surface area contributed by atoms with Gasteiger partial charge in [-0.25, -0.2) is 4.79 Å². The molecule has 0 saturated carbocycles. The predicted octanol–water partition coefficient (Wildman–Crippen LogP) is 2.40. The summed E-state index contributed by atoms with van der Waals surface area (Å²) in [5.74, 6) is -0.513. The molecule has 90 valence electrons. The lowest BCUT2D eigenvalue weighted by molar-refractivity contribution is 0.0461. The van der Waals surface area contributed by atoms with Gasteiger partial charge in [0.25, 0.3) is 0 Å². The molecule has 2 heterocycles. The number of esters is 1. The number of nitriles is 1. The molecule has 2 rings (SSSR count). The number of aromatic amines is 1. The van der Waals surface area contributed by atoms with Crippen LogP contribution < -0.4 is 0 Å². The number of nitrogens with one attached hydrogen (secondary N) is 1. The number of ether oxygens (including phenoxy) is 1. The highest BCUT2D eigenvalue weighted by atomic mass is 79.9. The van der Waals surface area contributed by atoms with E-state index in [1.54, 1.807) is 12.3 Å². The fraction of sp³-hybridized carbons (Fsp3) is 0.0833. The van der Waals surface area contributed by atoms with Gasteiger partial charge in [-0.3, -0.25) is 4.98 Å². The summed E-state index contributed by atoms with van der Waals surface area (Å²) in [6.45, 7) is 0.0903. The standard InChI is InChI=1S/C12H8BrN3O2/c13-8-1-2-10(15-6-8)7-18-12(17)11-4-3-9(5-14)16-11/h1-4,6,16H,7H2. The molecule has 2 aromatic heterocycles. The van der Waals surface area contributed by atoms with Crippen LogP contribution in [0.5, 0.6) is 0 Å². The third-order valence-electron chi connectivity index (χ3n) is 2.17. The van der Waals surface area contributed by atoms with Crippen molar-refractivity contribution in [3.05, 3.63) is 52.0 Å². The highest BCUT2D eigenvalue weighted by Gasteiger charge is 2.10. The van der Waals surface area contributed by atoms with Crippen LogP contribution >= 0.6 is 15.9 Å². The van der Waals surface area contributed by atoms with Crippen molar-refractivity contribution >= 4 is 21.9 Å². The van der Waals surface area contributed by atoms with Crippen molar-refractivity contribution in [1.82, 2.24) is 9.97 Å². The topological polar surface area (TPSA) is 78.8 Å². The Labute approximate surface area is 112 Å². The van der Waals surface area contributed by atoms with E-state index in [4.69, 9.17) is 10.00 Å². The van der Waals surface area contributed by atoms with E-state index >= 15 is 0 Å². The van der Waals surface area contributed by atoms with E-state index in [0.29, 0.717) is 11.4 Å². The summed E-state index contributed by atoms with van der Waals surface area (Å²) in [5.41, 5.74) is 1.23. The van der Waals surface area contributed by atoms with Gasteiger partial charge in [-0.1, -0.05) is 0 Å². The van der Waals surface area contributed by atoms with Gasteiger partial charge in [0.15, 0.2) is 0 Å². The largest absolute Gasteiger partial charge is 0.455 e. The second-order valence-electron chi connectivity index (χ2n) is 3.44. The average Bonchev–Trinajstić information content (AvgIpc) is 2.86. The van der Waals surface area contributed by atoms with E-state index < -0.39 is 5.97 Å². The molecular formula is C12H8BrN3O2. The number of rotatable bonds is 3. The minimum atomic E-state index is -0.513. The van der Waals surface area contributed by atoms with Crippen LogP contribution in [0.1, 0.15) is 21.9 Å². The first kappa shape index (κ1) is 12.3. The van der Waals surface area contributed by atoms with Gasteiger partial charge in [-0.15, -0.1) is 0 Å². The number of carbonyl (C=O) groups is 1. The zero-order chi connectivity index (χ0) is 13.0. The van der Waals surface area contributed by atoms with E-state index in [1.165, 1.54) is 12.1 Å². The van der Waals surface area contributed by atoms with Gasteiger partial charge in [0.2, 0.25) is 0 Å². The van der Waals surface area contributed by atoms with E-state index in [2.05, 4.69) is 25.9 Å². The molecule has 0 atom stereocenters. The van der Waals surface area contributed by atoms with Crippen LogP contribution in [-0.2, 0) is 11.3 Å². The fourth-order valence-corrected chi connectivity index (χ4v) is 1.52. The molecule has 6 heteroatoms. The number of aromatic nitrogens is 2. The lowest BCUT2D eigenvalue weighted by atomic mass is 10.4. The second kappa shape index (κ2) is 5.47. The summed E-state index contributed by atoms with van der Waals surface area (Å²) in [6, 6.07) is 8.51. The van der Waals surface area contributed by atoms with Crippen molar-refractivity contribution < 1.29 is 9.53 Å². The molecule has 0 fully saturated rings. The number of nitrogens with zero attached hydrogens (tertiary/aromatic N) is 2. The molecule has 18 heavy (non-hydrogen) atoms. The zero-order valence-electron chi connectivity index (χ0n) is 9.18. The summed E-state index contributed by atoms with van der Waals surface area (Å²) in [7, 11) is 0. The Kier molecular flexibility index (Phi) is 3.75. The average molecular weight is 306 g/mol. The first-order valence-corrected chi connectivity index (χ1v) is 5.85. The smallest absolute Gasteiger partial charge is 0.355 e. The van der Waals surface area contributed by atoms with Crippen LogP contribution in [0.4, 0.5) is 0 Å². The van der Waals surface area contributed by atoms with Crippen LogP contribution in [-0.4, -0.2) is 15.9 Å².